The second-order valence-electron chi connectivity index (χ2n) is 7.81. The molecule has 0 atom stereocenters. The summed E-state index contributed by atoms with van der Waals surface area (Å²) in [5.74, 6) is 0.634. The Morgan fingerprint density at radius 1 is 0.929 bits per heavy atom. The lowest BCUT2D eigenvalue weighted by Gasteiger charge is -2.18. The van der Waals surface area contributed by atoms with Crippen molar-refractivity contribution in [1.82, 2.24) is 4.98 Å². The van der Waals surface area contributed by atoms with Gasteiger partial charge >= 0.3 is 0 Å². The van der Waals surface area contributed by atoms with Gasteiger partial charge in [0.15, 0.2) is 5.58 Å². The molecule has 4 rings (SSSR count). The van der Waals surface area contributed by atoms with Gasteiger partial charge in [-0.3, -0.25) is 4.99 Å². The SMILES string of the molecule is CC(C)(C)c1ccc(-c2nc3cc(N=Cc4ccc(I)cc4)ccc3o2)cc1. The first-order valence-electron chi connectivity index (χ1n) is 9.20. The first-order chi connectivity index (χ1) is 13.4. The minimum absolute atomic E-state index is 0.129. The van der Waals surface area contributed by atoms with Crippen LogP contribution in [0.2, 0.25) is 0 Å². The van der Waals surface area contributed by atoms with E-state index in [1.165, 1.54) is 9.13 Å². The van der Waals surface area contributed by atoms with Crippen molar-refractivity contribution in [2.45, 2.75) is 26.2 Å². The monoisotopic (exact) mass is 480 g/mol. The Kier molecular flexibility index (Phi) is 5.06. The summed E-state index contributed by atoms with van der Waals surface area (Å²) in [6, 6.07) is 22.5. The Morgan fingerprint density at radius 2 is 1.64 bits per heavy atom. The minimum atomic E-state index is 0.129. The van der Waals surface area contributed by atoms with Crippen molar-refractivity contribution in [3.8, 4) is 11.5 Å². The van der Waals surface area contributed by atoms with Crippen molar-refractivity contribution < 1.29 is 4.42 Å². The van der Waals surface area contributed by atoms with Gasteiger partial charge in [-0.05, 0) is 81.6 Å². The summed E-state index contributed by atoms with van der Waals surface area (Å²) < 4.78 is 7.16. The molecule has 4 heteroatoms. The first-order valence-corrected chi connectivity index (χ1v) is 10.3. The summed E-state index contributed by atoms with van der Waals surface area (Å²) in [4.78, 5) is 9.23. The number of hydrogen-bond acceptors (Lipinski definition) is 3. The van der Waals surface area contributed by atoms with Gasteiger partial charge in [0.2, 0.25) is 5.89 Å². The molecular weight excluding hydrogens is 459 g/mol. The van der Waals surface area contributed by atoms with Crippen LogP contribution < -0.4 is 0 Å². The van der Waals surface area contributed by atoms with Crippen molar-refractivity contribution in [2.24, 2.45) is 4.99 Å². The Hall–Kier alpha value is -2.47. The van der Waals surface area contributed by atoms with Crippen LogP contribution in [-0.4, -0.2) is 11.2 Å². The molecule has 4 aromatic rings. The highest BCUT2D eigenvalue weighted by molar-refractivity contribution is 14.1. The summed E-state index contributed by atoms with van der Waals surface area (Å²) in [7, 11) is 0. The van der Waals surface area contributed by atoms with Crippen molar-refractivity contribution in [1.29, 1.82) is 0 Å². The Bertz CT molecular complexity index is 1130. The molecule has 1 aromatic heterocycles. The molecule has 0 saturated heterocycles. The van der Waals surface area contributed by atoms with Gasteiger partial charge in [-0.1, -0.05) is 45.0 Å². The Labute approximate surface area is 178 Å². The molecule has 0 aliphatic heterocycles. The van der Waals surface area contributed by atoms with Crippen molar-refractivity contribution in [3.05, 3.63) is 81.4 Å². The minimum Gasteiger partial charge on any atom is -0.436 e. The largest absolute Gasteiger partial charge is 0.436 e. The Balaban J connectivity index is 1.60. The number of nitrogens with zero attached hydrogens (tertiary/aromatic N) is 2. The maximum atomic E-state index is 5.95. The molecule has 28 heavy (non-hydrogen) atoms. The van der Waals surface area contributed by atoms with Crippen LogP contribution in [-0.2, 0) is 5.41 Å². The quantitative estimate of drug-likeness (QED) is 0.231. The van der Waals surface area contributed by atoms with Crippen LogP contribution in [0.4, 0.5) is 5.69 Å². The summed E-state index contributed by atoms with van der Waals surface area (Å²) >= 11 is 2.30. The zero-order chi connectivity index (χ0) is 19.7. The second-order valence-corrected chi connectivity index (χ2v) is 9.05. The molecule has 3 nitrogen and oxygen atoms in total. The number of halogens is 1. The van der Waals surface area contributed by atoms with E-state index in [1.807, 2.05) is 24.4 Å². The van der Waals surface area contributed by atoms with Gasteiger partial charge in [0.1, 0.15) is 5.52 Å². The fraction of sp³-hybridized carbons (Fsp3) is 0.167. The van der Waals surface area contributed by atoms with E-state index in [1.54, 1.807) is 0 Å². The van der Waals surface area contributed by atoms with Crippen LogP contribution in [0.1, 0.15) is 31.9 Å². The van der Waals surface area contributed by atoms with Crippen LogP contribution in [0, 0.1) is 3.57 Å². The molecular formula is C24H21IN2O. The average Bonchev–Trinajstić information content (AvgIpc) is 3.10. The lowest BCUT2D eigenvalue weighted by Crippen LogP contribution is -2.10. The third-order valence-electron chi connectivity index (χ3n) is 4.60. The van der Waals surface area contributed by atoms with E-state index in [4.69, 9.17) is 4.42 Å². The number of fused-ring (bicyclic) bond motifs is 1. The van der Waals surface area contributed by atoms with Gasteiger partial charge in [0.05, 0.1) is 5.69 Å². The molecule has 0 bridgehead atoms. The van der Waals surface area contributed by atoms with Gasteiger partial charge in [-0.15, -0.1) is 0 Å². The maximum Gasteiger partial charge on any atom is 0.227 e. The Morgan fingerprint density at radius 3 is 2.32 bits per heavy atom. The lowest BCUT2D eigenvalue weighted by atomic mass is 9.87. The first kappa shape index (κ1) is 18.9. The third kappa shape index (κ3) is 4.17. The predicted molar refractivity (Wildman–Crippen MR) is 125 cm³/mol. The van der Waals surface area contributed by atoms with E-state index >= 15 is 0 Å². The topological polar surface area (TPSA) is 38.4 Å². The van der Waals surface area contributed by atoms with E-state index in [-0.39, 0.29) is 5.41 Å². The van der Waals surface area contributed by atoms with Gasteiger partial charge in [-0.2, -0.15) is 0 Å². The van der Waals surface area contributed by atoms with Gasteiger partial charge in [0, 0.05) is 15.3 Å². The second kappa shape index (κ2) is 7.51. The average molecular weight is 480 g/mol. The number of aromatic nitrogens is 1. The third-order valence-corrected chi connectivity index (χ3v) is 5.32. The zero-order valence-corrected chi connectivity index (χ0v) is 18.3. The van der Waals surface area contributed by atoms with Crippen LogP contribution in [0.25, 0.3) is 22.6 Å². The number of oxazole rings is 1. The highest BCUT2D eigenvalue weighted by Crippen LogP contribution is 2.29. The van der Waals surface area contributed by atoms with E-state index in [9.17, 15) is 0 Å². The van der Waals surface area contributed by atoms with Crippen molar-refractivity contribution in [2.75, 3.05) is 0 Å². The molecule has 0 saturated carbocycles. The standard InChI is InChI=1S/C24H21IN2O/c1-24(2,3)18-8-6-17(7-9-18)23-27-21-14-20(12-13-22(21)28-23)26-15-16-4-10-19(25)11-5-16/h4-15H,1-3H3. The number of hydrogen-bond donors (Lipinski definition) is 0. The summed E-state index contributed by atoms with van der Waals surface area (Å²) in [6.45, 7) is 6.62. The normalized spacial score (nSPS) is 12.1. The molecule has 0 spiro atoms. The molecule has 0 aliphatic rings. The van der Waals surface area contributed by atoms with Crippen LogP contribution in [0.5, 0.6) is 0 Å². The molecule has 0 N–H and O–H groups in total. The number of aliphatic imine (C=N–C) groups is 1. The highest BCUT2D eigenvalue weighted by Gasteiger charge is 2.14. The molecule has 140 valence electrons. The van der Waals surface area contributed by atoms with Gasteiger partial charge in [-0.25, -0.2) is 4.98 Å². The summed E-state index contributed by atoms with van der Waals surface area (Å²) in [5.41, 5.74) is 5.90. The molecule has 1 heterocycles. The van der Waals surface area contributed by atoms with Crippen LogP contribution in [0.15, 0.2) is 76.1 Å². The summed E-state index contributed by atoms with van der Waals surface area (Å²) in [5, 5.41) is 0. The van der Waals surface area contributed by atoms with E-state index in [2.05, 4.69) is 102 Å². The van der Waals surface area contributed by atoms with Crippen LogP contribution in [0.3, 0.4) is 0 Å². The van der Waals surface area contributed by atoms with E-state index in [0.29, 0.717) is 5.89 Å². The van der Waals surface area contributed by atoms with Crippen LogP contribution >= 0.6 is 22.6 Å². The summed E-state index contributed by atoms with van der Waals surface area (Å²) in [6.07, 6.45) is 1.86. The van der Waals surface area contributed by atoms with E-state index in [0.717, 1.165) is 27.9 Å². The molecule has 0 aliphatic carbocycles. The van der Waals surface area contributed by atoms with Crippen molar-refractivity contribution in [3.63, 3.8) is 0 Å². The van der Waals surface area contributed by atoms with Gasteiger partial charge < -0.3 is 4.42 Å². The maximum absolute atomic E-state index is 5.95. The van der Waals surface area contributed by atoms with E-state index < -0.39 is 0 Å². The smallest absolute Gasteiger partial charge is 0.227 e. The van der Waals surface area contributed by atoms with Crippen molar-refractivity contribution >= 4 is 45.6 Å². The fourth-order valence-corrected chi connectivity index (χ4v) is 3.29. The van der Waals surface area contributed by atoms with Gasteiger partial charge in [0.25, 0.3) is 0 Å². The molecule has 0 unspecified atom stereocenters. The zero-order valence-electron chi connectivity index (χ0n) is 16.1. The number of benzene rings is 3. The molecule has 3 aromatic carbocycles. The molecule has 0 amide bonds. The molecule has 0 fully saturated rings. The molecule has 0 radical (unpaired) electrons. The fourth-order valence-electron chi connectivity index (χ4n) is 2.93. The highest BCUT2D eigenvalue weighted by atomic mass is 127. The number of rotatable bonds is 3. The lowest BCUT2D eigenvalue weighted by molar-refractivity contribution is 0.589. The predicted octanol–water partition coefficient (Wildman–Crippen LogP) is 7.15.